The Morgan fingerprint density at radius 1 is 1.07 bits per heavy atom. The van der Waals surface area contributed by atoms with Crippen molar-refractivity contribution in [2.24, 2.45) is 0 Å². The van der Waals surface area contributed by atoms with Gasteiger partial charge in [0.15, 0.2) is 0 Å². The van der Waals surface area contributed by atoms with E-state index in [1.54, 1.807) is 31.3 Å². The number of aromatic amines is 1. The van der Waals surface area contributed by atoms with Gasteiger partial charge in [0.05, 0.1) is 33.7 Å². The maximum absolute atomic E-state index is 12.8. The number of anilines is 1. The van der Waals surface area contributed by atoms with Gasteiger partial charge in [0.1, 0.15) is 5.82 Å². The minimum atomic E-state index is -0.262. The molecule has 0 radical (unpaired) electrons. The highest BCUT2D eigenvalue weighted by Gasteiger charge is 2.20. The number of hydrogen-bond donors (Lipinski definition) is 2. The first kappa shape index (κ1) is 17.9. The lowest BCUT2D eigenvalue weighted by Gasteiger charge is -2.19. The lowest BCUT2D eigenvalue weighted by molar-refractivity contribution is 0.0950. The molecule has 2 amide bonds. The molecule has 0 aliphatic heterocycles. The Labute approximate surface area is 165 Å². The largest absolute Gasteiger partial charge is 0.345 e. The molecular weight excluding hydrogens is 372 g/mol. The maximum Gasteiger partial charge on any atom is 0.268 e. The number of fused-ring (bicyclic) bond motifs is 1. The lowest BCUT2D eigenvalue weighted by Crippen LogP contribution is -2.30. The van der Waals surface area contributed by atoms with Crippen molar-refractivity contribution in [1.82, 2.24) is 15.3 Å². The molecule has 6 nitrogen and oxygen atoms in total. The number of H-pyrrole nitrogens is 1. The smallest absolute Gasteiger partial charge is 0.268 e. The Morgan fingerprint density at radius 2 is 1.86 bits per heavy atom. The van der Waals surface area contributed by atoms with Gasteiger partial charge in [-0.2, -0.15) is 0 Å². The van der Waals surface area contributed by atoms with E-state index in [4.69, 9.17) is 0 Å². The Kier molecular flexibility index (Phi) is 4.90. The van der Waals surface area contributed by atoms with Crippen LogP contribution in [0.15, 0.2) is 66.0 Å². The third-order valence-electron chi connectivity index (χ3n) is 4.40. The second-order valence-corrected chi connectivity index (χ2v) is 7.19. The average Bonchev–Trinajstić information content (AvgIpc) is 3.40. The summed E-state index contributed by atoms with van der Waals surface area (Å²) in [5.41, 5.74) is 2.77. The summed E-state index contributed by atoms with van der Waals surface area (Å²) in [6, 6.07) is 18.4. The number of amides is 2. The minimum Gasteiger partial charge on any atom is -0.345 e. The van der Waals surface area contributed by atoms with Crippen LogP contribution >= 0.6 is 11.3 Å². The molecule has 0 fully saturated rings. The molecule has 28 heavy (non-hydrogen) atoms. The van der Waals surface area contributed by atoms with E-state index >= 15 is 0 Å². The van der Waals surface area contributed by atoms with Crippen molar-refractivity contribution in [2.45, 2.75) is 6.54 Å². The van der Waals surface area contributed by atoms with Crippen molar-refractivity contribution < 1.29 is 9.59 Å². The second-order valence-electron chi connectivity index (χ2n) is 6.24. The highest BCUT2D eigenvalue weighted by Crippen LogP contribution is 2.22. The number of nitrogens with zero attached hydrogens (tertiary/aromatic N) is 2. The molecular formula is C21H18N4O2S. The number of aromatic nitrogens is 2. The normalized spacial score (nSPS) is 10.8. The summed E-state index contributed by atoms with van der Waals surface area (Å²) >= 11 is 1.37. The number of para-hydroxylation sites is 3. The predicted octanol–water partition coefficient (Wildman–Crippen LogP) is 3.83. The lowest BCUT2D eigenvalue weighted by atomic mass is 10.1. The first-order valence-corrected chi connectivity index (χ1v) is 9.64. The van der Waals surface area contributed by atoms with Crippen LogP contribution in [0.5, 0.6) is 0 Å². The van der Waals surface area contributed by atoms with Crippen LogP contribution in [0.2, 0.25) is 0 Å². The van der Waals surface area contributed by atoms with E-state index < -0.39 is 0 Å². The van der Waals surface area contributed by atoms with Crippen molar-refractivity contribution in [3.05, 3.63) is 82.3 Å². The molecule has 140 valence electrons. The first-order valence-electron chi connectivity index (χ1n) is 8.76. The number of carbonyl (C=O) groups is 2. The quantitative estimate of drug-likeness (QED) is 0.544. The van der Waals surface area contributed by atoms with Gasteiger partial charge in [-0.05, 0) is 35.7 Å². The molecule has 2 aromatic heterocycles. The predicted molar refractivity (Wildman–Crippen MR) is 111 cm³/mol. The summed E-state index contributed by atoms with van der Waals surface area (Å²) in [5, 5.41) is 4.73. The molecule has 2 N–H and O–H groups in total. The Balaban J connectivity index is 1.52. The van der Waals surface area contributed by atoms with Crippen LogP contribution in [0.25, 0.3) is 11.0 Å². The standard InChI is InChI=1S/C21H18N4O2S/c1-25(21(27)18-11-6-12-28-18)17-10-5-2-7-14(17)20(26)22-13-19-23-15-8-3-4-9-16(15)24-19/h2-12H,13H2,1H3,(H,22,26)(H,23,24). The monoisotopic (exact) mass is 390 g/mol. The molecule has 0 atom stereocenters. The number of imidazole rings is 1. The fraction of sp³-hybridized carbons (Fsp3) is 0.0952. The van der Waals surface area contributed by atoms with Gasteiger partial charge >= 0.3 is 0 Å². The fourth-order valence-electron chi connectivity index (χ4n) is 2.98. The Morgan fingerprint density at radius 3 is 2.64 bits per heavy atom. The molecule has 0 aliphatic carbocycles. The fourth-order valence-corrected chi connectivity index (χ4v) is 3.68. The van der Waals surface area contributed by atoms with Gasteiger partial charge in [0.2, 0.25) is 0 Å². The maximum atomic E-state index is 12.8. The van der Waals surface area contributed by atoms with Crippen molar-refractivity contribution in [2.75, 3.05) is 11.9 Å². The van der Waals surface area contributed by atoms with Crippen molar-refractivity contribution in [1.29, 1.82) is 0 Å². The molecule has 4 aromatic rings. The third-order valence-corrected chi connectivity index (χ3v) is 5.26. The van der Waals surface area contributed by atoms with Crippen LogP contribution in [-0.4, -0.2) is 28.8 Å². The average molecular weight is 390 g/mol. The molecule has 2 heterocycles. The van der Waals surface area contributed by atoms with Gasteiger partial charge in [0, 0.05) is 7.05 Å². The van der Waals surface area contributed by atoms with E-state index in [0.717, 1.165) is 11.0 Å². The Hall–Kier alpha value is -3.45. The van der Waals surface area contributed by atoms with E-state index in [-0.39, 0.29) is 18.4 Å². The van der Waals surface area contributed by atoms with Crippen molar-refractivity contribution >= 4 is 39.9 Å². The van der Waals surface area contributed by atoms with E-state index in [1.807, 2.05) is 41.8 Å². The van der Waals surface area contributed by atoms with Crippen LogP contribution in [0, 0.1) is 0 Å². The molecule has 0 saturated carbocycles. The molecule has 0 saturated heterocycles. The number of nitrogens with one attached hydrogen (secondary N) is 2. The minimum absolute atomic E-state index is 0.146. The van der Waals surface area contributed by atoms with Crippen LogP contribution in [0.4, 0.5) is 5.69 Å². The van der Waals surface area contributed by atoms with E-state index in [9.17, 15) is 9.59 Å². The molecule has 7 heteroatoms. The molecule has 0 aliphatic rings. The van der Waals surface area contributed by atoms with Crippen LogP contribution in [0.3, 0.4) is 0 Å². The number of thiophene rings is 1. The summed E-state index contributed by atoms with van der Waals surface area (Å²) < 4.78 is 0. The van der Waals surface area contributed by atoms with Crippen LogP contribution in [-0.2, 0) is 6.54 Å². The zero-order valence-electron chi connectivity index (χ0n) is 15.2. The van der Waals surface area contributed by atoms with E-state index in [1.165, 1.54) is 16.2 Å². The third kappa shape index (κ3) is 3.52. The summed E-state index contributed by atoms with van der Waals surface area (Å²) in [7, 11) is 1.67. The highest BCUT2D eigenvalue weighted by molar-refractivity contribution is 7.12. The topological polar surface area (TPSA) is 78.1 Å². The summed E-state index contributed by atoms with van der Waals surface area (Å²) in [4.78, 5) is 35.2. The molecule has 2 aromatic carbocycles. The van der Waals surface area contributed by atoms with E-state index in [0.29, 0.717) is 22.0 Å². The second kappa shape index (κ2) is 7.66. The zero-order valence-corrected chi connectivity index (χ0v) is 16.0. The van der Waals surface area contributed by atoms with Gasteiger partial charge in [-0.25, -0.2) is 4.98 Å². The highest BCUT2D eigenvalue weighted by atomic mass is 32.1. The van der Waals surface area contributed by atoms with Gasteiger partial charge in [0.25, 0.3) is 11.8 Å². The summed E-state index contributed by atoms with van der Waals surface area (Å²) in [6.07, 6.45) is 0. The van der Waals surface area contributed by atoms with Gasteiger partial charge in [-0.1, -0.05) is 30.3 Å². The molecule has 4 rings (SSSR count). The van der Waals surface area contributed by atoms with Crippen LogP contribution < -0.4 is 10.2 Å². The molecule has 0 spiro atoms. The SMILES string of the molecule is CN(C(=O)c1cccs1)c1ccccc1C(=O)NCc1nc2ccccc2[nH]1. The first-order chi connectivity index (χ1) is 13.6. The van der Waals surface area contributed by atoms with Crippen molar-refractivity contribution in [3.63, 3.8) is 0 Å². The Bertz CT molecular complexity index is 1100. The number of benzene rings is 2. The number of hydrogen-bond acceptors (Lipinski definition) is 4. The van der Waals surface area contributed by atoms with Crippen LogP contribution in [0.1, 0.15) is 25.9 Å². The van der Waals surface area contributed by atoms with Gasteiger partial charge in [-0.3, -0.25) is 9.59 Å². The number of carbonyl (C=O) groups excluding carboxylic acids is 2. The summed E-state index contributed by atoms with van der Waals surface area (Å²) in [6.45, 7) is 0.268. The number of rotatable bonds is 5. The van der Waals surface area contributed by atoms with E-state index in [2.05, 4.69) is 15.3 Å². The summed E-state index contributed by atoms with van der Waals surface area (Å²) in [5.74, 6) is 0.268. The zero-order chi connectivity index (χ0) is 19.5. The van der Waals surface area contributed by atoms with Gasteiger partial charge in [-0.15, -0.1) is 11.3 Å². The molecule has 0 bridgehead atoms. The van der Waals surface area contributed by atoms with Gasteiger partial charge < -0.3 is 15.2 Å². The molecule has 0 unspecified atom stereocenters. The van der Waals surface area contributed by atoms with Crippen molar-refractivity contribution in [3.8, 4) is 0 Å².